The Hall–Kier alpha value is -0.960. The van der Waals surface area contributed by atoms with Gasteiger partial charge in [-0.25, -0.2) is 0 Å². The maximum atomic E-state index is 13.3. The standard InChI is InChI=1S/C24H34O3/c1-23-10-8-15(20-5-3-4-12-27-20)13-16(23)14-19(25)22-17-6-7-21(26)24(17,2)11-9-18(22)23/h14-15,17-18,20,22H,3-13H2,1-2H3/t15-,17-,18-,20?,22-,23-,24-/m0/s1. The van der Waals surface area contributed by atoms with Crippen LogP contribution in [0.3, 0.4) is 0 Å². The second kappa shape index (κ2) is 6.27. The monoisotopic (exact) mass is 370 g/mol. The van der Waals surface area contributed by atoms with Crippen LogP contribution in [-0.4, -0.2) is 24.3 Å². The minimum Gasteiger partial charge on any atom is -0.378 e. The molecule has 1 saturated heterocycles. The summed E-state index contributed by atoms with van der Waals surface area (Å²) in [6, 6.07) is 0. The molecule has 0 radical (unpaired) electrons. The van der Waals surface area contributed by atoms with Crippen LogP contribution in [0.1, 0.15) is 78.1 Å². The zero-order valence-corrected chi connectivity index (χ0v) is 17.0. The highest BCUT2D eigenvalue weighted by Gasteiger charge is 2.61. The molecule has 0 aromatic heterocycles. The molecule has 27 heavy (non-hydrogen) atoms. The fraction of sp³-hybridized carbons (Fsp3) is 0.833. The van der Waals surface area contributed by atoms with Crippen LogP contribution in [0, 0.1) is 34.5 Å². The summed E-state index contributed by atoms with van der Waals surface area (Å²) in [5.41, 5.74) is 1.34. The molecule has 5 rings (SSSR count). The molecule has 7 atom stereocenters. The van der Waals surface area contributed by atoms with Crippen molar-refractivity contribution in [3.63, 3.8) is 0 Å². The first-order valence-corrected chi connectivity index (χ1v) is 11.3. The van der Waals surface area contributed by atoms with Crippen LogP contribution in [0.25, 0.3) is 0 Å². The first-order valence-electron chi connectivity index (χ1n) is 11.3. The molecule has 1 aliphatic heterocycles. The van der Waals surface area contributed by atoms with Gasteiger partial charge < -0.3 is 4.74 Å². The Labute approximate surface area is 163 Å². The van der Waals surface area contributed by atoms with Crippen LogP contribution in [0.4, 0.5) is 0 Å². The molecule has 0 bridgehead atoms. The molecule has 0 N–H and O–H groups in total. The topological polar surface area (TPSA) is 43.4 Å². The van der Waals surface area contributed by atoms with Gasteiger partial charge in [-0.1, -0.05) is 19.4 Å². The number of carbonyl (C=O) groups is 2. The van der Waals surface area contributed by atoms with Crippen molar-refractivity contribution in [2.45, 2.75) is 84.2 Å². The van der Waals surface area contributed by atoms with Gasteiger partial charge in [0.25, 0.3) is 0 Å². The highest BCUT2D eigenvalue weighted by Crippen LogP contribution is 2.63. The van der Waals surface area contributed by atoms with E-state index in [-0.39, 0.29) is 22.7 Å². The number of allylic oxidation sites excluding steroid dienone is 2. The van der Waals surface area contributed by atoms with Gasteiger partial charge in [0.2, 0.25) is 0 Å². The van der Waals surface area contributed by atoms with Crippen molar-refractivity contribution < 1.29 is 14.3 Å². The normalized spacial score (nSPS) is 49.9. The van der Waals surface area contributed by atoms with E-state index in [9.17, 15) is 9.59 Å². The first kappa shape index (κ1) is 18.1. The molecule has 0 amide bonds. The van der Waals surface area contributed by atoms with E-state index in [0.29, 0.717) is 35.9 Å². The molecule has 1 heterocycles. The van der Waals surface area contributed by atoms with Crippen molar-refractivity contribution in [1.82, 2.24) is 0 Å². The number of carbonyl (C=O) groups excluding carboxylic acids is 2. The predicted molar refractivity (Wildman–Crippen MR) is 104 cm³/mol. The molecule has 3 nitrogen and oxygen atoms in total. The predicted octanol–water partition coefficient (Wildman–Crippen LogP) is 4.88. The summed E-state index contributed by atoms with van der Waals surface area (Å²) in [6.07, 6.45) is 13.2. The SMILES string of the molecule is C[C@]12CC[C@H](C3CCCCO3)CC1=CC(=O)[C@@H]1[C@@H]2CC[C@]2(C)C(=O)CC[C@@H]12. The molecule has 0 aromatic rings. The highest BCUT2D eigenvalue weighted by molar-refractivity contribution is 5.96. The number of rotatable bonds is 1. The molecule has 4 fully saturated rings. The van der Waals surface area contributed by atoms with E-state index in [1.54, 1.807) is 0 Å². The third-order valence-corrected chi connectivity index (χ3v) is 9.43. The second-order valence-electron chi connectivity index (χ2n) is 10.6. The fourth-order valence-corrected chi connectivity index (χ4v) is 7.66. The maximum absolute atomic E-state index is 13.3. The minimum absolute atomic E-state index is 0.0893. The number of fused-ring (bicyclic) bond motifs is 5. The van der Waals surface area contributed by atoms with Gasteiger partial charge in [-0.3, -0.25) is 9.59 Å². The molecule has 1 unspecified atom stereocenters. The third kappa shape index (κ3) is 2.56. The van der Waals surface area contributed by atoms with Gasteiger partial charge in [0, 0.05) is 24.4 Å². The molecule has 0 aromatic carbocycles. The third-order valence-electron chi connectivity index (χ3n) is 9.43. The molecular weight excluding hydrogens is 336 g/mol. The molecule has 0 spiro atoms. The van der Waals surface area contributed by atoms with Gasteiger partial charge in [-0.2, -0.15) is 0 Å². The van der Waals surface area contributed by atoms with Gasteiger partial charge in [0.1, 0.15) is 5.78 Å². The van der Waals surface area contributed by atoms with Crippen molar-refractivity contribution in [2.24, 2.45) is 34.5 Å². The van der Waals surface area contributed by atoms with Crippen molar-refractivity contribution in [3.8, 4) is 0 Å². The van der Waals surface area contributed by atoms with Crippen molar-refractivity contribution in [1.29, 1.82) is 0 Å². The largest absolute Gasteiger partial charge is 0.378 e. The molecule has 5 aliphatic rings. The lowest BCUT2D eigenvalue weighted by Crippen LogP contribution is -2.53. The summed E-state index contributed by atoms with van der Waals surface area (Å²) in [5, 5.41) is 0. The Kier molecular flexibility index (Phi) is 4.20. The molecule has 3 heteroatoms. The highest BCUT2D eigenvalue weighted by atomic mass is 16.5. The van der Waals surface area contributed by atoms with Crippen LogP contribution in [-0.2, 0) is 14.3 Å². The van der Waals surface area contributed by atoms with E-state index in [1.165, 1.54) is 37.7 Å². The zero-order chi connectivity index (χ0) is 18.8. The maximum Gasteiger partial charge on any atom is 0.159 e. The summed E-state index contributed by atoms with van der Waals surface area (Å²) < 4.78 is 6.10. The average Bonchev–Trinajstić information content (AvgIpc) is 2.98. The molecular formula is C24H34O3. The summed E-state index contributed by atoms with van der Waals surface area (Å²) in [7, 11) is 0. The fourth-order valence-electron chi connectivity index (χ4n) is 7.66. The lowest BCUT2D eigenvalue weighted by atomic mass is 9.47. The molecule has 3 saturated carbocycles. The van der Waals surface area contributed by atoms with Gasteiger partial charge in [0.15, 0.2) is 5.78 Å². The Morgan fingerprint density at radius 2 is 1.74 bits per heavy atom. The molecule has 4 aliphatic carbocycles. The van der Waals surface area contributed by atoms with Gasteiger partial charge in [-0.15, -0.1) is 0 Å². The lowest BCUT2D eigenvalue weighted by molar-refractivity contribution is -0.140. The Morgan fingerprint density at radius 1 is 0.963 bits per heavy atom. The van der Waals surface area contributed by atoms with E-state index in [1.807, 2.05) is 6.08 Å². The minimum atomic E-state index is -0.230. The van der Waals surface area contributed by atoms with Crippen LogP contribution >= 0.6 is 0 Å². The summed E-state index contributed by atoms with van der Waals surface area (Å²) in [4.78, 5) is 25.8. The smallest absolute Gasteiger partial charge is 0.159 e. The summed E-state index contributed by atoms with van der Waals surface area (Å²) in [5.74, 6) is 2.16. The van der Waals surface area contributed by atoms with Crippen LogP contribution in [0.15, 0.2) is 11.6 Å². The van der Waals surface area contributed by atoms with E-state index in [2.05, 4.69) is 13.8 Å². The van der Waals surface area contributed by atoms with Gasteiger partial charge >= 0.3 is 0 Å². The van der Waals surface area contributed by atoms with E-state index in [4.69, 9.17) is 4.74 Å². The summed E-state index contributed by atoms with van der Waals surface area (Å²) >= 11 is 0. The van der Waals surface area contributed by atoms with E-state index < -0.39 is 0 Å². The average molecular weight is 371 g/mol. The number of Topliss-reactive ketones (excluding diaryl/α,β-unsaturated/α-hetero) is 1. The Balaban J connectivity index is 1.44. The zero-order valence-electron chi connectivity index (χ0n) is 17.0. The Bertz CT molecular complexity index is 688. The first-order chi connectivity index (χ1) is 12.9. The van der Waals surface area contributed by atoms with Crippen molar-refractivity contribution in [2.75, 3.05) is 6.61 Å². The quantitative estimate of drug-likeness (QED) is 0.660. The summed E-state index contributed by atoms with van der Waals surface area (Å²) in [6.45, 7) is 5.49. The second-order valence-corrected chi connectivity index (χ2v) is 10.6. The van der Waals surface area contributed by atoms with E-state index >= 15 is 0 Å². The number of ether oxygens (including phenoxy) is 1. The van der Waals surface area contributed by atoms with Crippen molar-refractivity contribution in [3.05, 3.63) is 11.6 Å². The van der Waals surface area contributed by atoms with Gasteiger partial charge in [-0.05, 0) is 87.0 Å². The lowest BCUT2D eigenvalue weighted by Gasteiger charge is -2.56. The van der Waals surface area contributed by atoms with Crippen LogP contribution < -0.4 is 0 Å². The van der Waals surface area contributed by atoms with Gasteiger partial charge in [0.05, 0.1) is 6.10 Å². The van der Waals surface area contributed by atoms with E-state index in [0.717, 1.165) is 32.3 Å². The van der Waals surface area contributed by atoms with Crippen LogP contribution in [0.5, 0.6) is 0 Å². The van der Waals surface area contributed by atoms with Crippen molar-refractivity contribution >= 4 is 11.6 Å². The Morgan fingerprint density at radius 3 is 2.52 bits per heavy atom. The number of hydrogen-bond acceptors (Lipinski definition) is 3. The number of hydrogen-bond donors (Lipinski definition) is 0. The molecule has 148 valence electrons. The van der Waals surface area contributed by atoms with Crippen LogP contribution in [0.2, 0.25) is 0 Å². The number of ketones is 2.